The molecule has 0 aromatic carbocycles. The predicted molar refractivity (Wildman–Crippen MR) is 171 cm³/mol. The second-order valence-electron chi connectivity index (χ2n) is 13.1. The number of carbonyl (C=O) groups excluding carboxylic acids is 1. The molecule has 1 aliphatic carbocycles. The van der Waals surface area contributed by atoms with Crippen molar-refractivity contribution in [3.05, 3.63) is 0 Å². The van der Waals surface area contributed by atoms with Crippen LogP contribution in [0, 0.1) is 11.8 Å². The molecule has 0 bridgehead atoms. The molecule has 0 spiro atoms. The Hall–Kier alpha value is -0.570. The molecule has 3 nitrogen and oxygen atoms in total. The lowest BCUT2D eigenvalue weighted by Crippen LogP contribution is -2.42. The summed E-state index contributed by atoms with van der Waals surface area (Å²) in [6.07, 6.45) is 35.5. The van der Waals surface area contributed by atoms with Crippen molar-refractivity contribution >= 4 is 5.91 Å². The van der Waals surface area contributed by atoms with E-state index in [9.17, 15) is 9.90 Å². The second kappa shape index (κ2) is 26.3. The average Bonchev–Trinajstić information content (AvgIpc) is 3.69. The summed E-state index contributed by atoms with van der Waals surface area (Å²) >= 11 is 0. The standard InChI is InChI=1S/C36H71NO2/c1-4-7-9-11-12-13-14-15-19-22-26-30-36(39)37-34(6-3)35(38)29-25-21-18-16-17-20-24-28-33-31-32(33)27-23-10-8-5-2/h32-35,38H,4-31H2,1-3H3,(H,37,39). The molecular formula is C36H71NO2. The van der Waals surface area contributed by atoms with Crippen molar-refractivity contribution in [3.63, 3.8) is 0 Å². The van der Waals surface area contributed by atoms with Gasteiger partial charge in [-0.05, 0) is 37.5 Å². The SMILES string of the molecule is CCCCCCCCCCCCCC(=O)NC(CC)C(O)CCCCCCCCCC1CC1CCCCCC. The number of aliphatic hydroxyl groups excluding tert-OH is 1. The molecule has 1 amide bonds. The number of hydrogen-bond donors (Lipinski definition) is 2. The first-order chi connectivity index (χ1) is 19.1. The van der Waals surface area contributed by atoms with Crippen molar-refractivity contribution < 1.29 is 9.90 Å². The summed E-state index contributed by atoms with van der Waals surface area (Å²) < 4.78 is 0. The van der Waals surface area contributed by atoms with Gasteiger partial charge in [-0.2, -0.15) is 0 Å². The zero-order valence-electron chi connectivity index (χ0n) is 27.0. The van der Waals surface area contributed by atoms with E-state index in [1.165, 1.54) is 141 Å². The van der Waals surface area contributed by atoms with Gasteiger partial charge in [0.05, 0.1) is 12.1 Å². The molecule has 1 rings (SSSR count). The number of aliphatic hydroxyl groups is 1. The van der Waals surface area contributed by atoms with Crippen LogP contribution in [0.4, 0.5) is 0 Å². The summed E-state index contributed by atoms with van der Waals surface area (Å²) in [6.45, 7) is 6.65. The summed E-state index contributed by atoms with van der Waals surface area (Å²) in [4.78, 5) is 12.4. The first-order valence-electron chi connectivity index (χ1n) is 18.1. The van der Waals surface area contributed by atoms with E-state index in [1.807, 2.05) is 0 Å². The Morgan fingerprint density at radius 2 is 1.03 bits per heavy atom. The molecule has 0 aliphatic heterocycles. The molecule has 0 radical (unpaired) electrons. The Balaban J connectivity index is 1.90. The topological polar surface area (TPSA) is 49.3 Å². The van der Waals surface area contributed by atoms with Gasteiger partial charge in [-0.3, -0.25) is 4.79 Å². The minimum Gasteiger partial charge on any atom is -0.391 e. The quantitative estimate of drug-likeness (QED) is 0.0875. The van der Waals surface area contributed by atoms with Crippen LogP contribution in [0.25, 0.3) is 0 Å². The van der Waals surface area contributed by atoms with E-state index in [-0.39, 0.29) is 11.9 Å². The van der Waals surface area contributed by atoms with E-state index in [1.54, 1.807) is 0 Å². The van der Waals surface area contributed by atoms with Crippen molar-refractivity contribution in [2.24, 2.45) is 11.8 Å². The fourth-order valence-corrected chi connectivity index (χ4v) is 6.39. The van der Waals surface area contributed by atoms with Crippen LogP contribution in [-0.2, 0) is 4.79 Å². The van der Waals surface area contributed by atoms with Gasteiger partial charge in [0.15, 0.2) is 0 Å². The summed E-state index contributed by atoms with van der Waals surface area (Å²) in [6, 6.07) is -0.0805. The van der Waals surface area contributed by atoms with Crippen LogP contribution in [0.15, 0.2) is 0 Å². The summed E-state index contributed by atoms with van der Waals surface area (Å²) in [5.74, 6) is 2.28. The predicted octanol–water partition coefficient (Wildman–Crippen LogP) is 11.1. The van der Waals surface area contributed by atoms with Crippen molar-refractivity contribution in [2.75, 3.05) is 0 Å². The Morgan fingerprint density at radius 3 is 1.51 bits per heavy atom. The molecule has 4 atom stereocenters. The monoisotopic (exact) mass is 550 g/mol. The van der Waals surface area contributed by atoms with Gasteiger partial charge >= 0.3 is 0 Å². The van der Waals surface area contributed by atoms with Gasteiger partial charge in [0.2, 0.25) is 5.91 Å². The van der Waals surface area contributed by atoms with Gasteiger partial charge in [-0.1, -0.05) is 168 Å². The largest absolute Gasteiger partial charge is 0.391 e. The highest BCUT2D eigenvalue weighted by Crippen LogP contribution is 2.45. The molecule has 3 heteroatoms. The van der Waals surface area contributed by atoms with Gasteiger partial charge < -0.3 is 10.4 Å². The fraction of sp³-hybridized carbons (Fsp3) is 0.972. The number of rotatable bonds is 30. The normalized spacial score (nSPS) is 18.3. The van der Waals surface area contributed by atoms with Gasteiger partial charge in [-0.25, -0.2) is 0 Å². The molecule has 0 heterocycles. The van der Waals surface area contributed by atoms with Crippen molar-refractivity contribution in [1.82, 2.24) is 5.32 Å². The average molecular weight is 550 g/mol. The van der Waals surface area contributed by atoms with Gasteiger partial charge in [0.25, 0.3) is 0 Å². The highest BCUT2D eigenvalue weighted by molar-refractivity contribution is 5.76. The molecule has 39 heavy (non-hydrogen) atoms. The van der Waals surface area contributed by atoms with Crippen molar-refractivity contribution in [1.29, 1.82) is 0 Å². The van der Waals surface area contributed by atoms with Gasteiger partial charge in [0, 0.05) is 6.42 Å². The highest BCUT2D eigenvalue weighted by atomic mass is 16.3. The first-order valence-corrected chi connectivity index (χ1v) is 18.1. The number of unbranched alkanes of at least 4 members (excludes halogenated alkanes) is 19. The van der Waals surface area contributed by atoms with Crippen LogP contribution in [0.2, 0.25) is 0 Å². The molecule has 1 aliphatic rings. The fourth-order valence-electron chi connectivity index (χ4n) is 6.39. The van der Waals surface area contributed by atoms with E-state index in [2.05, 4.69) is 26.1 Å². The lowest BCUT2D eigenvalue weighted by molar-refractivity contribution is -0.122. The Labute approximate surface area is 245 Å². The molecule has 1 fully saturated rings. The molecule has 4 unspecified atom stereocenters. The molecule has 0 saturated heterocycles. The van der Waals surface area contributed by atoms with E-state index in [4.69, 9.17) is 0 Å². The maximum Gasteiger partial charge on any atom is 0.220 e. The minimum atomic E-state index is -0.398. The van der Waals surface area contributed by atoms with Gasteiger partial charge in [-0.15, -0.1) is 0 Å². The van der Waals surface area contributed by atoms with Crippen molar-refractivity contribution in [2.45, 2.75) is 213 Å². The number of nitrogens with one attached hydrogen (secondary N) is 1. The van der Waals surface area contributed by atoms with Crippen LogP contribution < -0.4 is 5.32 Å². The molecule has 2 N–H and O–H groups in total. The Morgan fingerprint density at radius 1 is 0.615 bits per heavy atom. The number of hydrogen-bond acceptors (Lipinski definition) is 2. The third kappa shape index (κ3) is 21.8. The lowest BCUT2D eigenvalue weighted by atomic mass is 10.00. The lowest BCUT2D eigenvalue weighted by Gasteiger charge is -2.23. The first kappa shape index (κ1) is 36.5. The van der Waals surface area contributed by atoms with E-state index in [0.29, 0.717) is 6.42 Å². The van der Waals surface area contributed by atoms with Crippen LogP contribution in [-0.4, -0.2) is 23.2 Å². The van der Waals surface area contributed by atoms with Crippen LogP contribution in [0.1, 0.15) is 201 Å². The van der Waals surface area contributed by atoms with Gasteiger partial charge in [0.1, 0.15) is 0 Å². The van der Waals surface area contributed by atoms with Crippen LogP contribution in [0.5, 0.6) is 0 Å². The van der Waals surface area contributed by atoms with E-state index >= 15 is 0 Å². The summed E-state index contributed by atoms with van der Waals surface area (Å²) in [5.41, 5.74) is 0. The minimum absolute atomic E-state index is 0.0805. The third-order valence-electron chi connectivity index (χ3n) is 9.33. The summed E-state index contributed by atoms with van der Waals surface area (Å²) in [7, 11) is 0. The highest BCUT2D eigenvalue weighted by Gasteiger charge is 2.34. The number of amides is 1. The molecule has 0 aromatic heterocycles. The zero-order valence-corrected chi connectivity index (χ0v) is 27.0. The second-order valence-corrected chi connectivity index (χ2v) is 13.1. The molecule has 232 valence electrons. The van der Waals surface area contributed by atoms with Crippen molar-refractivity contribution in [3.8, 4) is 0 Å². The third-order valence-corrected chi connectivity index (χ3v) is 9.33. The van der Waals surface area contributed by atoms with Crippen LogP contribution >= 0.6 is 0 Å². The van der Waals surface area contributed by atoms with E-state index in [0.717, 1.165) is 43.9 Å². The molecular weight excluding hydrogens is 478 g/mol. The zero-order chi connectivity index (χ0) is 28.4. The smallest absolute Gasteiger partial charge is 0.220 e. The number of carbonyl (C=O) groups is 1. The Kier molecular flexibility index (Phi) is 24.6. The maximum atomic E-state index is 12.4. The molecule has 0 aromatic rings. The maximum absolute atomic E-state index is 12.4. The summed E-state index contributed by atoms with van der Waals surface area (Å²) in [5, 5.41) is 13.8. The Bertz CT molecular complexity index is 536. The van der Waals surface area contributed by atoms with Crippen LogP contribution in [0.3, 0.4) is 0 Å². The van der Waals surface area contributed by atoms with E-state index < -0.39 is 6.10 Å². The molecule has 1 saturated carbocycles.